The molecule has 0 heterocycles. The fourth-order valence-electron chi connectivity index (χ4n) is 1.84. The largest absolute Gasteiger partial charge is 0.481 e. The third-order valence-corrected chi connectivity index (χ3v) is 2.75. The number of likely N-dealkylation sites (N-methyl/N-ethyl adjacent to an activating group) is 1. The average Bonchev–Trinajstić information content (AvgIpc) is 2.36. The van der Waals surface area contributed by atoms with Crippen LogP contribution in [0.5, 0.6) is 5.75 Å². The van der Waals surface area contributed by atoms with Crippen molar-refractivity contribution in [3.05, 3.63) is 30.1 Å². The molecule has 1 amide bonds. The van der Waals surface area contributed by atoms with Gasteiger partial charge in [0, 0.05) is 13.1 Å². The molecule has 4 nitrogen and oxygen atoms in total. The molecule has 0 spiro atoms. The van der Waals surface area contributed by atoms with Crippen molar-refractivity contribution in [2.45, 2.75) is 39.4 Å². The Morgan fingerprint density at radius 1 is 1.40 bits per heavy atom. The molecule has 20 heavy (non-hydrogen) atoms. The van der Waals surface area contributed by atoms with Crippen LogP contribution in [0.1, 0.15) is 27.7 Å². The molecule has 0 fully saturated rings. The minimum Gasteiger partial charge on any atom is -0.481 e. The molecule has 0 aliphatic carbocycles. The predicted octanol–water partition coefficient (Wildman–Crippen LogP) is 2.21. The van der Waals surface area contributed by atoms with Gasteiger partial charge in [-0.15, -0.1) is 0 Å². The molecule has 0 saturated heterocycles. The van der Waals surface area contributed by atoms with E-state index in [1.54, 1.807) is 20.8 Å². The molecule has 1 atom stereocenters. The average molecular weight is 283 g/mol. The Labute approximate surface area is 119 Å². The maximum absolute atomic E-state index is 12.8. The maximum atomic E-state index is 12.8. The lowest BCUT2D eigenvalue weighted by Crippen LogP contribution is -2.47. The molecule has 1 N–H and O–H groups in total. The summed E-state index contributed by atoms with van der Waals surface area (Å²) in [4.78, 5) is 13.8. The third kappa shape index (κ3) is 5.17. The van der Waals surface area contributed by atoms with Crippen molar-refractivity contribution in [1.29, 1.82) is 0 Å². The van der Waals surface area contributed by atoms with Crippen LogP contribution in [0, 0.1) is 5.82 Å². The Balaban J connectivity index is 2.67. The smallest absolute Gasteiger partial charge is 0.263 e. The van der Waals surface area contributed by atoms with Crippen molar-refractivity contribution in [3.63, 3.8) is 0 Å². The van der Waals surface area contributed by atoms with Crippen molar-refractivity contribution in [2.24, 2.45) is 0 Å². The predicted molar refractivity (Wildman–Crippen MR) is 75.0 cm³/mol. The zero-order valence-electron chi connectivity index (χ0n) is 12.4. The van der Waals surface area contributed by atoms with E-state index in [0.717, 1.165) is 0 Å². The Morgan fingerprint density at radius 3 is 2.40 bits per heavy atom. The summed E-state index contributed by atoms with van der Waals surface area (Å²) in [7, 11) is 0. The number of hydrogen-bond donors (Lipinski definition) is 1. The van der Waals surface area contributed by atoms with E-state index in [1.807, 2.05) is 6.92 Å². The molecule has 112 valence electrons. The highest BCUT2D eigenvalue weighted by Gasteiger charge is 2.25. The first kappa shape index (κ1) is 16.4. The van der Waals surface area contributed by atoms with E-state index in [1.165, 1.54) is 29.2 Å². The monoisotopic (exact) mass is 283 g/mol. The summed E-state index contributed by atoms with van der Waals surface area (Å²) < 4.78 is 18.3. The summed E-state index contributed by atoms with van der Waals surface area (Å²) >= 11 is 0. The number of amides is 1. The molecular weight excluding hydrogens is 261 g/mol. The van der Waals surface area contributed by atoms with Gasteiger partial charge in [-0.1, -0.05) is 0 Å². The Hall–Kier alpha value is -1.62. The number of ether oxygens (including phenoxy) is 1. The summed E-state index contributed by atoms with van der Waals surface area (Å²) in [5, 5.41) is 9.79. The molecule has 0 saturated carbocycles. The van der Waals surface area contributed by atoms with E-state index in [-0.39, 0.29) is 18.3 Å². The molecule has 1 aromatic rings. The number of aliphatic hydroxyl groups is 1. The van der Waals surface area contributed by atoms with Gasteiger partial charge in [-0.3, -0.25) is 4.79 Å². The minimum atomic E-state index is -0.957. The van der Waals surface area contributed by atoms with Gasteiger partial charge in [-0.25, -0.2) is 4.39 Å². The first-order valence-corrected chi connectivity index (χ1v) is 6.66. The molecule has 1 rings (SSSR count). The van der Waals surface area contributed by atoms with Gasteiger partial charge < -0.3 is 14.7 Å². The van der Waals surface area contributed by atoms with Crippen molar-refractivity contribution < 1.29 is 19.0 Å². The second kappa shape index (κ2) is 6.70. The lowest BCUT2D eigenvalue weighted by atomic mass is 10.1. The van der Waals surface area contributed by atoms with E-state index in [0.29, 0.717) is 12.3 Å². The van der Waals surface area contributed by atoms with Crippen LogP contribution in [0.25, 0.3) is 0 Å². The third-order valence-electron chi connectivity index (χ3n) is 2.75. The molecule has 0 aliphatic rings. The van der Waals surface area contributed by atoms with Crippen LogP contribution in [-0.2, 0) is 4.79 Å². The second-order valence-electron chi connectivity index (χ2n) is 5.38. The second-order valence-corrected chi connectivity index (χ2v) is 5.38. The maximum Gasteiger partial charge on any atom is 0.263 e. The number of carbonyl (C=O) groups excluding carboxylic acids is 1. The molecule has 0 bridgehead atoms. The van der Waals surface area contributed by atoms with Gasteiger partial charge in [0.05, 0.1) is 5.60 Å². The molecule has 0 radical (unpaired) electrons. The van der Waals surface area contributed by atoms with Gasteiger partial charge in [0.1, 0.15) is 11.6 Å². The van der Waals surface area contributed by atoms with Gasteiger partial charge in [0.25, 0.3) is 5.91 Å². The highest BCUT2D eigenvalue weighted by Crippen LogP contribution is 2.15. The van der Waals surface area contributed by atoms with E-state index >= 15 is 0 Å². The van der Waals surface area contributed by atoms with Crippen LogP contribution in [0.2, 0.25) is 0 Å². The van der Waals surface area contributed by atoms with Crippen molar-refractivity contribution in [1.82, 2.24) is 4.90 Å². The van der Waals surface area contributed by atoms with Crippen LogP contribution in [0.3, 0.4) is 0 Å². The van der Waals surface area contributed by atoms with E-state index in [4.69, 9.17) is 4.74 Å². The van der Waals surface area contributed by atoms with Crippen molar-refractivity contribution >= 4 is 5.91 Å². The van der Waals surface area contributed by atoms with E-state index < -0.39 is 11.7 Å². The van der Waals surface area contributed by atoms with Gasteiger partial charge >= 0.3 is 0 Å². The Kier molecular flexibility index (Phi) is 5.51. The fourth-order valence-corrected chi connectivity index (χ4v) is 1.84. The molecule has 5 heteroatoms. The summed E-state index contributed by atoms with van der Waals surface area (Å²) in [6, 6.07) is 5.51. The number of rotatable bonds is 6. The van der Waals surface area contributed by atoms with Crippen LogP contribution >= 0.6 is 0 Å². The normalized spacial score (nSPS) is 12.9. The standard InChI is InChI=1S/C15H22FNO3/c1-5-17(10-15(3,4)19)14(18)11(2)20-13-8-6-12(16)7-9-13/h6-9,11,19H,5,10H2,1-4H3. The van der Waals surface area contributed by atoms with Crippen LogP contribution in [0.4, 0.5) is 4.39 Å². The van der Waals surface area contributed by atoms with Crippen LogP contribution < -0.4 is 4.74 Å². The SMILES string of the molecule is CCN(CC(C)(C)O)C(=O)C(C)Oc1ccc(F)cc1. The quantitative estimate of drug-likeness (QED) is 0.871. The molecule has 1 aromatic carbocycles. The topological polar surface area (TPSA) is 49.8 Å². The Bertz CT molecular complexity index is 439. The molecule has 0 aromatic heterocycles. The number of nitrogens with zero attached hydrogens (tertiary/aromatic N) is 1. The highest BCUT2D eigenvalue weighted by atomic mass is 19.1. The van der Waals surface area contributed by atoms with Crippen LogP contribution in [0.15, 0.2) is 24.3 Å². The minimum absolute atomic E-state index is 0.209. The van der Waals surface area contributed by atoms with Gasteiger partial charge in [0.2, 0.25) is 0 Å². The Morgan fingerprint density at radius 2 is 1.95 bits per heavy atom. The summed E-state index contributed by atoms with van der Waals surface area (Å²) in [6.07, 6.45) is -0.692. The van der Waals surface area contributed by atoms with Crippen molar-refractivity contribution in [2.75, 3.05) is 13.1 Å². The molecule has 0 aliphatic heterocycles. The number of carbonyl (C=O) groups is 1. The zero-order valence-corrected chi connectivity index (χ0v) is 12.4. The van der Waals surface area contributed by atoms with Crippen LogP contribution in [-0.4, -0.2) is 40.7 Å². The number of halogens is 1. The van der Waals surface area contributed by atoms with Crippen molar-refractivity contribution in [3.8, 4) is 5.75 Å². The summed E-state index contributed by atoms with van der Waals surface area (Å²) in [6.45, 7) is 7.50. The first-order valence-electron chi connectivity index (χ1n) is 6.66. The lowest BCUT2D eigenvalue weighted by Gasteiger charge is -2.30. The number of benzene rings is 1. The molecular formula is C15H22FNO3. The first-order chi connectivity index (χ1) is 9.23. The van der Waals surface area contributed by atoms with E-state index in [2.05, 4.69) is 0 Å². The number of hydrogen-bond acceptors (Lipinski definition) is 3. The molecule has 1 unspecified atom stereocenters. The summed E-state index contributed by atoms with van der Waals surface area (Å²) in [5.74, 6) is -0.126. The lowest BCUT2D eigenvalue weighted by molar-refractivity contribution is -0.140. The van der Waals surface area contributed by atoms with Gasteiger partial charge in [-0.2, -0.15) is 0 Å². The van der Waals surface area contributed by atoms with Gasteiger partial charge in [-0.05, 0) is 52.0 Å². The zero-order chi connectivity index (χ0) is 15.3. The van der Waals surface area contributed by atoms with Gasteiger partial charge in [0.15, 0.2) is 6.10 Å². The summed E-state index contributed by atoms with van der Waals surface area (Å²) in [5.41, 5.74) is -0.957. The fraction of sp³-hybridized carbons (Fsp3) is 0.533. The highest BCUT2D eigenvalue weighted by molar-refractivity contribution is 5.81. The van der Waals surface area contributed by atoms with E-state index in [9.17, 15) is 14.3 Å².